The summed E-state index contributed by atoms with van der Waals surface area (Å²) in [6, 6.07) is 6.96. The molecule has 16 heavy (non-hydrogen) atoms. The van der Waals surface area contributed by atoms with Gasteiger partial charge in [-0.3, -0.25) is 4.79 Å². The molecule has 4 nitrogen and oxygen atoms in total. The summed E-state index contributed by atoms with van der Waals surface area (Å²) in [4.78, 5) is 11.0. The van der Waals surface area contributed by atoms with Gasteiger partial charge in [-0.1, -0.05) is 0 Å². The number of carbonyl (C=O) groups is 1. The lowest BCUT2D eigenvalue weighted by atomic mass is 10.1. The number of methoxy groups -OCH3 is 2. The van der Waals surface area contributed by atoms with Crippen LogP contribution in [0.1, 0.15) is 17.3 Å². The molecule has 0 unspecified atom stereocenters. The van der Waals surface area contributed by atoms with Gasteiger partial charge in [-0.2, -0.15) is 0 Å². The van der Waals surface area contributed by atoms with Gasteiger partial charge < -0.3 is 14.2 Å². The van der Waals surface area contributed by atoms with Crippen molar-refractivity contribution in [1.29, 1.82) is 0 Å². The van der Waals surface area contributed by atoms with E-state index < -0.39 is 0 Å². The van der Waals surface area contributed by atoms with Crippen molar-refractivity contribution in [3.63, 3.8) is 0 Å². The molecule has 0 saturated carbocycles. The highest BCUT2D eigenvalue weighted by molar-refractivity contribution is 5.94. The van der Waals surface area contributed by atoms with Crippen LogP contribution < -0.4 is 4.74 Å². The van der Waals surface area contributed by atoms with Gasteiger partial charge in [0.25, 0.3) is 0 Å². The maximum atomic E-state index is 11.0. The van der Waals surface area contributed by atoms with Crippen LogP contribution in [0.25, 0.3) is 0 Å². The molecule has 0 heterocycles. The fourth-order valence-corrected chi connectivity index (χ4v) is 1.18. The molecule has 0 spiro atoms. The number of hydrogen-bond acceptors (Lipinski definition) is 4. The number of Topliss-reactive ketones (excluding diaryl/α,β-unsaturated/α-hetero) is 1. The second kappa shape index (κ2) is 6.25. The van der Waals surface area contributed by atoms with Gasteiger partial charge in [-0.05, 0) is 31.2 Å². The summed E-state index contributed by atoms with van der Waals surface area (Å²) < 4.78 is 15.4. The minimum Gasteiger partial charge on any atom is -0.488 e. The second-order valence-electron chi connectivity index (χ2n) is 3.29. The molecule has 0 amide bonds. The van der Waals surface area contributed by atoms with Crippen LogP contribution in [0.15, 0.2) is 24.3 Å². The van der Waals surface area contributed by atoms with Crippen molar-refractivity contribution in [3.05, 3.63) is 29.8 Å². The Balaban J connectivity index is 2.52. The van der Waals surface area contributed by atoms with E-state index in [9.17, 15) is 4.79 Å². The third kappa shape index (κ3) is 3.64. The maximum Gasteiger partial charge on any atom is 0.191 e. The lowest BCUT2D eigenvalue weighted by Crippen LogP contribution is -2.21. The molecule has 4 heteroatoms. The molecule has 0 radical (unpaired) electrons. The van der Waals surface area contributed by atoms with E-state index in [1.807, 2.05) is 0 Å². The summed E-state index contributed by atoms with van der Waals surface area (Å²) in [6.45, 7) is 1.84. The van der Waals surface area contributed by atoms with E-state index in [1.165, 1.54) is 6.92 Å². The third-order valence-corrected chi connectivity index (χ3v) is 2.17. The minimum absolute atomic E-state index is 0.0400. The Bertz CT molecular complexity index is 327. The van der Waals surface area contributed by atoms with Gasteiger partial charge in [0.15, 0.2) is 12.1 Å². The summed E-state index contributed by atoms with van der Waals surface area (Å²) in [6.07, 6.45) is -0.382. The summed E-state index contributed by atoms with van der Waals surface area (Å²) >= 11 is 0. The highest BCUT2D eigenvalue weighted by Crippen LogP contribution is 2.13. The van der Waals surface area contributed by atoms with E-state index in [1.54, 1.807) is 38.5 Å². The van der Waals surface area contributed by atoms with Gasteiger partial charge in [-0.25, -0.2) is 0 Å². The Morgan fingerprint density at radius 2 is 1.75 bits per heavy atom. The van der Waals surface area contributed by atoms with E-state index in [4.69, 9.17) is 14.2 Å². The first-order valence-corrected chi connectivity index (χ1v) is 4.96. The third-order valence-electron chi connectivity index (χ3n) is 2.17. The fourth-order valence-electron chi connectivity index (χ4n) is 1.18. The van der Waals surface area contributed by atoms with Crippen LogP contribution in [0.4, 0.5) is 0 Å². The number of benzene rings is 1. The van der Waals surface area contributed by atoms with E-state index in [-0.39, 0.29) is 12.1 Å². The zero-order chi connectivity index (χ0) is 12.0. The van der Waals surface area contributed by atoms with Crippen LogP contribution in [-0.2, 0) is 9.47 Å². The molecule has 0 N–H and O–H groups in total. The molecule has 0 aromatic heterocycles. The van der Waals surface area contributed by atoms with Crippen molar-refractivity contribution in [3.8, 4) is 5.75 Å². The summed E-state index contributed by atoms with van der Waals surface area (Å²) in [5.41, 5.74) is 0.669. The van der Waals surface area contributed by atoms with Crippen molar-refractivity contribution in [2.75, 3.05) is 20.8 Å². The topological polar surface area (TPSA) is 44.8 Å². The Labute approximate surface area is 95.1 Å². The standard InChI is InChI=1S/C12H16O4/c1-9(13)10-4-6-11(7-5-10)16-8-12(14-2)15-3/h4-7,12H,8H2,1-3H3. The minimum atomic E-state index is -0.382. The maximum absolute atomic E-state index is 11.0. The Morgan fingerprint density at radius 1 is 1.19 bits per heavy atom. The zero-order valence-corrected chi connectivity index (χ0v) is 9.73. The largest absolute Gasteiger partial charge is 0.488 e. The van der Waals surface area contributed by atoms with Crippen LogP contribution in [0, 0.1) is 0 Å². The van der Waals surface area contributed by atoms with Crippen LogP contribution in [0.5, 0.6) is 5.75 Å². The molecule has 1 aromatic rings. The van der Waals surface area contributed by atoms with Gasteiger partial charge in [-0.15, -0.1) is 0 Å². The molecule has 0 aliphatic rings. The van der Waals surface area contributed by atoms with Gasteiger partial charge >= 0.3 is 0 Å². The molecule has 0 bridgehead atoms. The number of ether oxygens (including phenoxy) is 3. The Hall–Kier alpha value is -1.39. The van der Waals surface area contributed by atoms with Gasteiger partial charge in [0.1, 0.15) is 12.4 Å². The van der Waals surface area contributed by atoms with Crippen molar-refractivity contribution in [1.82, 2.24) is 0 Å². The number of rotatable bonds is 6. The normalized spacial score (nSPS) is 10.5. The molecular formula is C12H16O4. The van der Waals surface area contributed by atoms with Crippen LogP contribution >= 0.6 is 0 Å². The molecule has 0 aliphatic carbocycles. The highest BCUT2D eigenvalue weighted by atomic mass is 16.7. The number of hydrogen-bond donors (Lipinski definition) is 0. The van der Waals surface area contributed by atoms with Gasteiger partial charge in [0, 0.05) is 19.8 Å². The quantitative estimate of drug-likeness (QED) is 0.546. The molecule has 0 aliphatic heterocycles. The van der Waals surface area contributed by atoms with E-state index in [0.717, 1.165) is 0 Å². The van der Waals surface area contributed by atoms with Gasteiger partial charge in [0.05, 0.1) is 0 Å². The average Bonchev–Trinajstić information content (AvgIpc) is 2.31. The van der Waals surface area contributed by atoms with Crippen LogP contribution in [-0.4, -0.2) is 32.9 Å². The fraction of sp³-hybridized carbons (Fsp3) is 0.417. The van der Waals surface area contributed by atoms with Crippen molar-refractivity contribution >= 4 is 5.78 Å². The monoisotopic (exact) mass is 224 g/mol. The molecule has 0 atom stereocenters. The van der Waals surface area contributed by atoms with Crippen molar-refractivity contribution < 1.29 is 19.0 Å². The second-order valence-corrected chi connectivity index (χ2v) is 3.29. The van der Waals surface area contributed by atoms with E-state index >= 15 is 0 Å². The van der Waals surface area contributed by atoms with Crippen molar-refractivity contribution in [2.24, 2.45) is 0 Å². The summed E-state index contributed by atoms with van der Waals surface area (Å²) in [7, 11) is 3.10. The average molecular weight is 224 g/mol. The summed E-state index contributed by atoms with van der Waals surface area (Å²) in [5, 5.41) is 0. The van der Waals surface area contributed by atoms with E-state index in [0.29, 0.717) is 17.9 Å². The SMILES string of the molecule is COC(COc1ccc(C(C)=O)cc1)OC. The number of ketones is 1. The lowest BCUT2D eigenvalue weighted by Gasteiger charge is -2.14. The Kier molecular flexibility index (Phi) is 4.95. The molecule has 88 valence electrons. The summed E-state index contributed by atoms with van der Waals surface area (Å²) in [5.74, 6) is 0.724. The Morgan fingerprint density at radius 3 is 2.19 bits per heavy atom. The predicted molar refractivity (Wildman–Crippen MR) is 59.7 cm³/mol. The molecule has 1 aromatic carbocycles. The van der Waals surface area contributed by atoms with Gasteiger partial charge in [0.2, 0.25) is 0 Å². The van der Waals surface area contributed by atoms with Crippen LogP contribution in [0.2, 0.25) is 0 Å². The first-order chi connectivity index (χ1) is 7.67. The van der Waals surface area contributed by atoms with Crippen LogP contribution in [0.3, 0.4) is 0 Å². The lowest BCUT2D eigenvalue weighted by molar-refractivity contribution is -0.121. The molecule has 0 saturated heterocycles. The van der Waals surface area contributed by atoms with Crippen molar-refractivity contribution in [2.45, 2.75) is 13.2 Å². The predicted octanol–water partition coefficient (Wildman–Crippen LogP) is 1.89. The molecule has 0 fully saturated rings. The highest BCUT2D eigenvalue weighted by Gasteiger charge is 2.06. The first-order valence-electron chi connectivity index (χ1n) is 4.96. The molecular weight excluding hydrogens is 208 g/mol. The zero-order valence-electron chi connectivity index (χ0n) is 9.73. The number of carbonyl (C=O) groups excluding carboxylic acids is 1. The smallest absolute Gasteiger partial charge is 0.191 e. The first kappa shape index (κ1) is 12.7. The molecule has 1 rings (SSSR count). The van der Waals surface area contributed by atoms with E-state index in [2.05, 4.69) is 0 Å².